The van der Waals surface area contributed by atoms with Crippen molar-refractivity contribution < 1.29 is 4.74 Å². The molecule has 0 radical (unpaired) electrons. The Morgan fingerprint density at radius 2 is 2.16 bits per heavy atom. The predicted octanol–water partition coefficient (Wildman–Crippen LogP) is 3.83. The van der Waals surface area contributed by atoms with Crippen LogP contribution in [-0.2, 0) is 0 Å². The lowest BCUT2D eigenvalue weighted by Crippen LogP contribution is -2.39. The van der Waals surface area contributed by atoms with Crippen molar-refractivity contribution in [2.75, 3.05) is 23.8 Å². The van der Waals surface area contributed by atoms with Gasteiger partial charge in [-0.1, -0.05) is 13.8 Å². The maximum Gasteiger partial charge on any atom is 0.144 e. The molecule has 1 aromatic carbocycles. The van der Waals surface area contributed by atoms with Crippen molar-refractivity contribution in [1.29, 1.82) is 0 Å². The van der Waals surface area contributed by atoms with Crippen LogP contribution >= 0.6 is 0 Å². The first-order valence-electron chi connectivity index (χ1n) is 7.55. The van der Waals surface area contributed by atoms with Gasteiger partial charge < -0.3 is 15.4 Å². The molecule has 19 heavy (non-hydrogen) atoms. The molecule has 1 unspecified atom stereocenters. The number of piperidine rings is 1. The fourth-order valence-corrected chi connectivity index (χ4v) is 2.80. The molecule has 2 N–H and O–H groups in total. The highest BCUT2D eigenvalue weighted by atomic mass is 16.5. The molecule has 1 fully saturated rings. The molecule has 1 atom stereocenters. The summed E-state index contributed by atoms with van der Waals surface area (Å²) in [4.78, 5) is 2.52. The number of rotatable bonds is 5. The Hall–Kier alpha value is -1.38. The maximum atomic E-state index is 5.98. The standard InChI is InChI=1S/C16H26N2O/c1-3-11-19-16-12-14(8-9-15(16)17)18-10-6-5-7-13(18)4-2/h8-9,12-13H,3-7,10-11,17H2,1-2H3. The minimum atomic E-state index is 0.663. The molecule has 1 aliphatic rings. The summed E-state index contributed by atoms with van der Waals surface area (Å²) >= 11 is 0. The average Bonchev–Trinajstić information content (AvgIpc) is 2.46. The smallest absolute Gasteiger partial charge is 0.144 e. The summed E-state index contributed by atoms with van der Waals surface area (Å²) in [6, 6.07) is 6.87. The molecular formula is C16H26N2O. The maximum absolute atomic E-state index is 5.98. The molecular weight excluding hydrogens is 236 g/mol. The number of nitrogen functional groups attached to an aromatic ring is 1. The fourth-order valence-electron chi connectivity index (χ4n) is 2.80. The SMILES string of the molecule is CCCOc1cc(N2CCCCC2CC)ccc1N. The van der Waals surface area contributed by atoms with Crippen molar-refractivity contribution in [2.24, 2.45) is 0 Å². The molecule has 1 aliphatic heterocycles. The number of anilines is 2. The van der Waals surface area contributed by atoms with Crippen LogP contribution in [0.4, 0.5) is 11.4 Å². The van der Waals surface area contributed by atoms with Gasteiger partial charge in [0.15, 0.2) is 0 Å². The minimum Gasteiger partial charge on any atom is -0.491 e. The van der Waals surface area contributed by atoms with Gasteiger partial charge in [-0.05, 0) is 44.2 Å². The zero-order chi connectivity index (χ0) is 13.7. The molecule has 0 amide bonds. The lowest BCUT2D eigenvalue weighted by atomic mass is 9.99. The van der Waals surface area contributed by atoms with E-state index in [0.717, 1.165) is 31.0 Å². The zero-order valence-electron chi connectivity index (χ0n) is 12.2. The third-order valence-corrected chi connectivity index (χ3v) is 3.89. The topological polar surface area (TPSA) is 38.5 Å². The number of ether oxygens (including phenoxy) is 1. The van der Waals surface area contributed by atoms with Gasteiger partial charge in [0.1, 0.15) is 5.75 Å². The average molecular weight is 262 g/mol. The molecule has 3 heteroatoms. The summed E-state index contributed by atoms with van der Waals surface area (Å²) in [5.74, 6) is 0.833. The highest BCUT2D eigenvalue weighted by molar-refractivity contribution is 5.62. The Morgan fingerprint density at radius 1 is 1.32 bits per heavy atom. The summed E-state index contributed by atoms with van der Waals surface area (Å²) < 4.78 is 5.73. The molecule has 0 saturated carbocycles. The summed E-state index contributed by atoms with van der Waals surface area (Å²) in [6.45, 7) is 6.26. The molecule has 0 bridgehead atoms. The largest absolute Gasteiger partial charge is 0.491 e. The molecule has 0 aliphatic carbocycles. The Balaban J connectivity index is 2.18. The predicted molar refractivity (Wildman–Crippen MR) is 81.9 cm³/mol. The summed E-state index contributed by atoms with van der Waals surface area (Å²) in [5, 5.41) is 0. The van der Waals surface area contributed by atoms with Gasteiger partial charge in [-0.25, -0.2) is 0 Å². The van der Waals surface area contributed by atoms with Gasteiger partial charge in [0.25, 0.3) is 0 Å². The quantitative estimate of drug-likeness (QED) is 0.820. The normalized spacial score (nSPS) is 19.5. The van der Waals surface area contributed by atoms with Gasteiger partial charge in [0.2, 0.25) is 0 Å². The van der Waals surface area contributed by atoms with E-state index < -0.39 is 0 Å². The number of hydrogen-bond donors (Lipinski definition) is 1. The Morgan fingerprint density at radius 3 is 2.89 bits per heavy atom. The lowest BCUT2D eigenvalue weighted by molar-refractivity contribution is 0.319. The van der Waals surface area contributed by atoms with E-state index >= 15 is 0 Å². The van der Waals surface area contributed by atoms with Gasteiger partial charge in [0, 0.05) is 24.3 Å². The van der Waals surface area contributed by atoms with Crippen LogP contribution < -0.4 is 15.4 Å². The number of nitrogens with two attached hydrogens (primary N) is 1. The Kier molecular flexibility index (Phi) is 4.94. The first-order valence-corrected chi connectivity index (χ1v) is 7.55. The van der Waals surface area contributed by atoms with Crippen molar-refractivity contribution in [3.8, 4) is 5.75 Å². The van der Waals surface area contributed by atoms with Crippen molar-refractivity contribution in [3.05, 3.63) is 18.2 Å². The van der Waals surface area contributed by atoms with Crippen LogP contribution in [0.1, 0.15) is 46.0 Å². The number of hydrogen-bond acceptors (Lipinski definition) is 3. The van der Waals surface area contributed by atoms with E-state index in [0.29, 0.717) is 6.04 Å². The van der Waals surface area contributed by atoms with Crippen molar-refractivity contribution >= 4 is 11.4 Å². The van der Waals surface area contributed by atoms with Gasteiger partial charge in [-0.15, -0.1) is 0 Å². The first-order chi connectivity index (χ1) is 9.26. The molecule has 3 nitrogen and oxygen atoms in total. The number of benzene rings is 1. The Bertz CT molecular complexity index is 406. The molecule has 1 heterocycles. The van der Waals surface area contributed by atoms with E-state index in [1.165, 1.54) is 31.4 Å². The molecule has 1 aromatic rings. The molecule has 1 saturated heterocycles. The van der Waals surface area contributed by atoms with Crippen LogP contribution in [0.25, 0.3) is 0 Å². The van der Waals surface area contributed by atoms with Gasteiger partial charge in [-0.3, -0.25) is 0 Å². The monoisotopic (exact) mass is 262 g/mol. The second-order valence-corrected chi connectivity index (χ2v) is 5.32. The van der Waals surface area contributed by atoms with Crippen LogP contribution in [0.15, 0.2) is 18.2 Å². The summed E-state index contributed by atoms with van der Waals surface area (Å²) in [7, 11) is 0. The van der Waals surface area contributed by atoms with E-state index in [2.05, 4.69) is 30.9 Å². The lowest BCUT2D eigenvalue weighted by Gasteiger charge is -2.37. The van der Waals surface area contributed by atoms with Gasteiger partial charge in [-0.2, -0.15) is 0 Å². The van der Waals surface area contributed by atoms with Crippen molar-refractivity contribution in [2.45, 2.75) is 52.0 Å². The van der Waals surface area contributed by atoms with Crippen LogP contribution in [0.3, 0.4) is 0 Å². The van der Waals surface area contributed by atoms with E-state index in [-0.39, 0.29) is 0 Å². The second kappa shape index (κ2) is 6.69. The minimum absolute atomic E-state index is 0.663. The van der Waals surface area contributed by atoms with Crippen LogP contribution in [-0.4, -0.2) is 19.2 Å². The van der Waals surface area contributed by atoms with Crippen LogP contribution in [0.2, 0.25) is 0 Å². The first kappa shape index (κ1) is 14.0. The third kappa shape index (κ3) is 3.34. The van der Waals surface area contributed by atoms with Crippen LogP contribution in [0, 0.1) is 0 Å². The fraction of sp³-hybridized carbons (Fsp3) is 0.625. The second-order valence-electron chi connectivity index (χ2n) is 5.32. The summed E-state index contributed by atoms with van der Waals surface area (Å²) in [6.07, 6.45) is 6.14. The highest BCUT2D eigenvalue weighted by Gasteiger charge is 2.21. The van der Waals surface area contributed by atoms with Crippen LogP contribution in [0.5, 0.6) is 5.75 Å². The van der Waals surface area contributed by atoms with Crippen molar-refractivity contribution in [3.63, 3.8) is 0 Å². The number of nitrogens with zero attached hydrogens (tertiary/aromatic N) is 1. The van der Waals surface area contributed by atoms with Gasteiger partial charge >= 0.3 is 0 Å². The third-order valence-electron chi connectivity index (χ3n) is 3.89. The van der Waals surface area contributed by atoms with E-state index in [1.54, 1.807) is 0 Å². The van der Waals surface area contributed by atoms with Gasteiger partial charge in [0.05, 0.1) is 12.3 Å². The Labute approximate surface area is 116 Å². The van der Waals surface area contributed by atoms with E-state index in [4.69, 9.17) is 10.5 Å². The molecule has 0 aromatic heterocycles. The summed E-state index contributed by atoms with van der Waals surface area (Å²) in [5.41, 5.74) is 7.98. The molecule has 2 rings (SSSR count). The van der Waals surface area contributed by atoms with E-state index in [9.17, 15) is 0 Å². The molecule has 106 valence electrons. The highest BCUT2D eigenvalue weighted by Crippen LogP contribution is 2.32. The van der Waals surface area contributed by atoms with Crippen molar-refractivity contribution in [1.82, 2.24) is 0 Å². The zero-order valence-corrected chi connectivity index (χ0v) is 12.2. The van der Waals surface area contributed by atoms with E-state index in [1.807, 2.05) is 6.07 Å². The molecule has 0 spiro atoms.